The molecule has 0 spiro atoms. The summed E-state index contributed by atoms with van der Waals surface area (Å²) in [6.07, 6.45) is 6.02. The number of rotatable bonds is 6. The van der Waals surface area contributed by atoms with Crippen molar-refractivity contribution in [2.75, 3.05) is 11.9 Å². The van der Waals surface area contributed by atoms with E-state index < -0.39 is 10.8 Å². The highest BCUT2D eigenvalue weighted by Gasteiger charge is 2.20. The van der Waals surface area contributed by atoms with Crippen molar-refractivity contribution >= 4 is 16.6 Å². The maximum atomic E-state index is 12.7. The molecule has 1 N–H and O–H groups in total. The van der Waals surface area contributed by atoms with Crippen molar-refractivity contribution in [2.24, 2.45) is 0 Å². The van der Waals surface area contributed by atoms with Crippen LogP contribution in [0.25, 0.3) is 0 Å². The second-order valence-electron chi connectivity index (χ2n) is 6.13. The van der Waals surface area contributed by atoms with Crippen LogP contribution < -0.4 is 5.32 Å². The summed E-state index contributed by atoms with van der Waals surface area (Å²) in [4.78, 5) is 9.19. The predicted octanol–water partition coefficient (Wildman–Crippen LogP) is 3.57. The summed E-state index contributed by atoms with van der Waals surface area (Å²) in [5.74, 6) is 1.27. The number of nitrogens with one attached hydrogen (secondary N) is 1. The molecule has 5 heteroatoms. The van der Waals surface area contributed by atoms with Gasteiger partial charge in [-0.15, -0.1) is 6.58 Å². The van der Waals surface area contributed by atoms with Crippen molar-refractivity contribution in [1.29, 1.82) is 0 Å². The first-order valence-corrected chi connectivity index (χ1v) is 9.67. The van der Waals surface area contributed by atoms with E-state index in [1.807, 2.05) is 31.2 Å². The van der Waals surface area contributed by atoms with Crippen LogP contribution >= 0.6 is 0 Å². The second kappa shape index (κ2) is 7.71. The molecule has 0 amide bonds. The lowest BCUT2D eigenvalue weighted by Crippen LogP contribution is -2.16. The Balaban J connectivity index is 1.87. The van der Waals surface area contributed by atoms with Crippen LogP contribution in [0.1, 0.15) is 35.2 Å². The number of anilines is 1. The van der Waals surface area contributed by atoms with Crippen LogP contribution in [0.15, 0.2) is 42.1 Å². The van der Waals surface area contributed by atoms with Gasteiger partial charge in [0.1, 0.15) is 5.82 Å². The lowest BCUT2D eigenvalue weighted by atomic mass is 9.96. The zero-order valence-electron chi connectivity index (χ0n) is 14.0. The predicted molar refractivity (Wildman–Crippen MR) is 98.7 cm³/mol. The summed E-state index contributed by atoms with van der Waals surface area (Å²) >= 11 is 0. The Labute approximate surface area is 145 Å². The zero-order valence-corrected chi connectivity index (χ0v) is 14.9. The van der Waals surface area contributed by atoms with Crippen LogP contribution in [-0.4, -0.2) is 20.7 Å². The van der Waals surface area contributed by atoms with E-state index in [4.69, 9.17) is 0 Å². The lowest BCUT2D eigenvalue weighted by molar-refractivity contribution is 0.641. The van der Waals surface area contributed by atoms with Crippen LogP contribution in [0.2, 0.25) is 0 Å². The van der Waals surface area contributed by atoms with Gasteiger partial charge in [-0.1, -0.05) is 35.9 Å². The molecule has 0 saturated carbocycles. The molecule has 4 nitrogen and oxygen atoms in total. The summed E-state index contributed by atoms with van der Waals surface area (Å²) in [7, 11) is -1.24. The van der Waals surface area contributed by atoms with E-state index in [0.717, 1.165) is 42.8 Å². The highest BCUT2D eigenvalue weighted by Crippen LogP contribution is 2.26. The van der Waals surface area contributed by atoms with Gasteiger partial charge in [-0.2, -0.15) is 0 Å². The average Bonchev–Trinajstić information content (AvgIpc) is 2.61. The number of hydrogen-bond donors (Lipinski definition) is 1. The molecule has 1 aliphatic carbocycles. The molecule has 1 unspecified atom stereocenters. The molecule has 126 valence electrons. The normalized spacial score (nSPS) is 14.7. The Morgan fingerprint density at radius 1 is 1.21 bits per heavy atom. The minimum absolute atomic E-state index is 0.433. The van der Waals surface area contributed by atoms with E-state index in [9.17, 15) is 4.21 Å². The molecule has 24 heavy (non-hydrogen) atoms. The fourth-order valence-corrected chi connectivity index (χ4v) is 3.92. The molecule has 1 aromatic heterocycles. The standard InChI is InChI=1S/C19H23N3OS/c1-3-12-20-18-16-6-4-5-7-17(16)21-19(22-18)24(23)13-15-10-8-14(2)9-11-15/h3,8-11H,1,4-7,12-13H2,2H3,(H,20,21,22). The summed E-state index contributed by atoms with van der Waals surface area (Å²) in [6.45, 7) is 6.44. The van der Waals surface area contributed by atoms with Gasteiger partial charge < -0.3 is 5.32 Å². The summed E-state index contributed by atoms with van der Waals surface area (Å²) in [5.41, 5.74) is 4.47. The monoisotopic (exact) mass is 341 g/mol. The van der Waals surface area contributed by atoms with Crippen molar-refractivity contribution < 1.29 is 4.21 Å². The molecule has 0 aliphatic heterocycles. The molecule has 1 atom stereocenters. The molecule has 0 bridgehead atoms. The first-order valence-electron chi connectivity index (χ1n) is 8.36. The van der Waals surface area contributed by atoms with Crippen LogP contribution in [0.4, 0.5) is 5.82 Å². The molecule has 1 aliphatic rings. The van der Waals surface area contributed by atoms with Crippen molar-refractivity contribution in [3.63, 3.8) is 0 Å². The van der Waals surface area contributed by atoms with Gasteiger partial charge in [-0.25, -0.2) is 9.97 Å². The van der Waals surface area contributed by atoms with Gasteiger partial charge in [0.2, 0.25) is 5.16 Å². The van der Waals surface area contributed by atoms with Crippen LogP contribution in [0, 0.1) is 6.92 Å². The van der Waals surface area contributed by atoms with E-state index in [0.29, 0.717) is 17.5 Å². The summed E-state index contributed by atoms with van der Waals surface area (Å²) in [6, 6.07) is 8.11. The van der Waals surface area contributed by atoms with E-state index >= 15 is 0 Å². The molecule has 0 fully saturated rings. The van der Waals surface area contributed by atoms with Crippen LogP contribution in [0.3, 0.4) is 0 Å². The SMILES string of the molecule is C=CCNc1nc(S(=O)Cc2ccc(C)cc2)nc2c1CCCC2. The van der Waals surface area contributed by atoms with Gasteiger partial charge in [0.25, 0.3) is 0 Å². The van der Waals surface area contributed by atoms with Crippen molar-refractivity contribution in [1.82, 2.24) is 9.97 Å². The smallest absolute Gasteiger partial charge is 0.221 e. The molecular formula is C19H23N3OS. The Morgan fingerprint density at radius 3 is 2.71 bits per heavy atom. The molecule has 0 radical (unpaired) electrons. The first-order chi connectivity index (χ1) is 11.7. The van der Waals surface area contributed by atoms with E-state index in [2.05, 4.69) is 21.9 Å². The molecule has 1 aromatic carbocycles. The maximum absolute atomic E-state index is 12.7. The third-order valence-electron chi connectivity index (χ3n) is 4.20. The quantitative estimate of drug-likeness (QED) is 0.645. The molecule has 3 rings (SSSR count). The molecular weight excluding hydrogens is 318 g/mol. The number of aromatic nitrogens is 2. The van der Waals surface area contributed by atoms with E-state index in [1.54, 1.807) is 6.08 Å². The lowest BCUT2D eigenvalue weighted by Gasteiger charge is -2.19. The number of benzene rings is 1. The Kier molecular flexibility index (Phi) is 5.41. The van der Waals surface area contributed by atoms with Crippen molar-refractivity contribution in [3.8, 4) is 0 Å². The van der Waals surface area contributed by atoms with Crippen LogP contribution in [-0.2, 0) is 29.4 Å². The Morgan fingerprint density at radius 2 is 1.96 bits per heavy atom. The molecule has 1 heterocycles. The average molecular weight is 341 g/mol. The first kappa shape index (κ1) is 16.8. The number of hydrogen-bond acceptors (Lipinski definition) is 4. The van der Waals surface area contributed by atoms with Gasteiger partial charge in [-0.05, 0) is 38.2 Å². The number of nitrogens with zero attached hydrogens (tertiary/aromatic N) is 2. The van der Waals surface area contributed by atoms with E-state index in [1.165, 1.54) is 11.1 Å². The van der Waals surface area contributed by atoms with Crippen molar-refractivity contribution in [3.05, 3.63) is 59.3 Å². The second-order valence-corrected chi connectivity index (χ2v) is 7.48. The third kappa shape index (κ3) is 3.90. The minimum Gasteiger partial charge on any atom is -0.366 e. The zero-order chi connectivity index (χ0) is 16.9. The number of fused-ring (bicyclic) bond motifs is 1. The van der Waals surface area contributed by atoms with Crippen molar-refractivity contribution in [2.45, 2.75) is 43.5 Å². The van der Waals surface area contributed by atoms with Crippen LogP contribution in [0.5, 0.6) is 0 Å². The fourth-order valence-electron chi connectivity index (χ4n) is 2.89. The van der Waals surface area contributed by atoms with Gasteiger partial charge in [0.15, 0.2) is 0 Å². The fraction of sp³-hybridized carbons (Fsp3) is 0.368. The minimum atomic E-state index is -1.24. The highest BCUT2D eigenvalue weighted by atomic mass is 32.2. The highest BCUT2D eigenvalue weighted by molar-refractivity contribution is 7.84. The largest absolute Gasteiger partial charge is 0.366 e. The van der Waals surface area contributed by atoms with E-state index in [-0.39, 0.29) is 0 Å². The molecule has 2 aromatic rings. The Hall–Kier alpha value is -2.01. The van der Waals surface area contributed by atoms with Gasteiger partial charge in [0, 0.05) is 12.1 Å². The maximum Gasteiger partial charge on any atom is 0.221 e. The molecule has 0 saturated heterocycles. The topological polar surface area (TPSA) is 54.9 Å². The van der Waals surface area contributed by atoms with Gasteiger partial charge >= 0.3 is 0 Å². The van der Waals surface area contributed by atoms with Gasteiger partial charge in [0.05, 0.1) is 22.2 Å². The number of aryl methyl sites for hydroxylation is 2. The summed E-state index contributed by atoms with van der Waals surface area (Å²) < 4.78 is 12.7. The summed E-state index contributed by atoms with van der Waals surface area (Å²) in [5, 5.41) is 3.72. The third-order valence-corrected chi connectivity index (χ3v) is 5.38. The van der Waals surface area contributed by atoms with Gasteiger partial charge in [-0.3, -0.25) is 4.21 Å². The Bertz CT molecular complexity index is 756.